The number of likely N-dealkylation sites (tertiary alicyclic amines) is 1. The predicted octanol–water partition coefficient (Wildman–Crippen LogP) is 0.730. The topological polar surface area (TPSA) is 63.4 Å². The number of anilines is 1. The van der Waals surface area contributed by atoms with Gasteiger partial charge in [-0.05, 0) is 30.5 Å². The van der Waals surface area contributed by atoms with E-state index in [9.17, 15) is 0 Å². The number of ether oxygens (including phenoxy) is 1. The molecule has 0 spiro atoms. The van der Waals surface area contributed by atoms with Gasteiger partial charge in [-0.2, -0.15) is 0 Å². The fourth-order valence-corrected chi connectivity index (χ4v) is 2.74. The van der Waals surface area contributed by atoms with Gasteiger partial charge in [-0.3, -0.25) is 4.90 Å². The van der Waals surface area contributed by atoms with Gasteiger partial charge in [0.15, 0.2) is 0 Å². The van der Waals surface area contributed by atoms with Gasteiger partial charge in [-0.1, -0.05) is 0 Å². The van der Waals surface area contributed by atoms with Gasteiger partial charge in [-0.15, -0.1) is 0 Å². The molecule has 0 aliphatic carbocycles. The molecule has 3 heterocycles. The Morgan fingerprint density at radius 2 is 2.18 bits per heavy atom. The van der Waals surface area contributed by atoms with Crippen molar-refractivity contribution in [2.24, 2.45) is 5.84 Å². The number of morpholine rings is 1. The normalized spacial score (nSPS) is 28.3. The van der Waals surface area contributed by atoms with Crippen LogP contribution in [0.3, 0.4) is 0 Å². The summed E-state index contributed by atoms with van der Waals surface area (Å²) in [4.78, 5) is 6.57. The maximum absolute atomic E-state index is 5.82. The van der Waals surface area contributed by atoms with E-state index in [-0.39, 0.29) is 0 Å². The van der Waals surface area contributed by atoms with Crippen molar-refractivity contribution in [3.05, 3.63) is 23.9 Å². The van der Waals surface area contributed by atoms with E-state index in [1.807, 2.05) is 12.1 Å². The zero-order valence-electron chi connectivity index (χ0n) is 9.80. The van der Waals surface area contributed by atoms with E-state index >= 15 is 0 Å². The first-order valence-electron chi connectivity index (χ1n) is 6.13. The van der Waals surface area contributed by atoms with Gasteiger partial charge in [0, 0.05) is 25.8 Å². The van der Waals surface area contributed by atoms with E-state index in [0.29, 0.717) is 12.2 Å². The molecular formula is C12H18N4O. The van der Waals surface area contributed by atoms with Crippen LogP contribution in [0.4, 0.5) is 5.82 Å². The van der Waals surface area contributed by atoms with Crippen molar-refractivity contribution in [1.29, 1.82) is 0 Å². The lowest BCUT2D eigenvalue weighted by molar-refractivity contribution is -0.0410. The summed E-state index contributed by atoms with van der Waals surface area (Å²) in [7, 11) is 0. The first-order chi connectivity index (χ1) is 8.33. The fourth-order valence-electron chi connectivity index (χ4n) is 2.74. The van der Waals surface area contributed by atoms with Gasteiger partial charge in [0.25, 0.3) is 0 Å². The maximum Gasteiger partial charge on any atom is 0.140 e. The zero-order valence-corrected chi connectivity index (χ0v) is 9.80. The third-order valence-corrected chi connectivity index (χ3v) is 3.50. The van der Waals surface area contributed by atoms with Gasteiger partial charge in [0.1, 0.15) is 5.82 Å². The maximum atomic E-state index is 5.82. The van der Waals surface area contributed by atoms with Crippen LogP contribution in [0.2, 0.25) is 0 Å². The lowest BCUT2D eigenvalue weighted by Crippen LogP contribution is -2.41. The van der Waals surface area contributed by atoms with Crippen LogP contribution in [0.25, 0.3) is 0 Å². The molecule has 5 nitrogen and oxygen atoms in total. The van der Waals surface area contributed by atoms with Crippen LogP contribution in [0.5, 0.6) is 0 Å². The number of nitrogens with one attached hydrogen (secondary N) is 1. The first-order valence-corrected chi connectivity index (χ1v) is 6.13. The Bertz CT molecular complexity index is 386. The van der Waals surface area contributed by atoms with Crippen LogP contribution in [-0.4, -0.2) is 35.2 Å². The third kappa shape index (κ3) is 2.41. The molecule has 2 saturated heterocycles. The Morgan fingerprint density at radius 1 is 1.41 bits per heavy atom. The van der Waals surface area contributed by atoms with E-state index in [1.54, 1.807) is 6.20 Å². The Hall–Kier alpha value is -1.17. The van der Waals surface area contributed by atoms with Crippen LogP contribution in [0, 0.1) is 0 Å². The van der Waals surface area contributed by atoms with Crippen LogP contribution in [0.15, 0.2) is 18.3 Å². The van der Waals surface area contributed by atoms with Gasteiger partial charge < -0.3 is 10.2 Å². The van der Waals surface area contributed by atoms with E-state index in [2.05, 4.69) is 15.3 Å². The minimum atomic E-state index is 0.447. The molecule has 0 radical (unpaired) electrons. The number of nitrogens with two attached hydrogens (primary N) is 1. The molecule has 0 saturated carbocycles. The summed E-state index contributed by atoms with van der Waals surface area (Å²) in [6.07, 6.45) is 5.12. The van der Waals surface area contributed by atoms with Crippen LogP contribution >= 0.6 is 0 Å². The molecule has 2 atom stereocenters. The van der Waals surface area contributed by atoms with E-state index < -0.39 is 0 Å². The summed E-state index contributed by atoms with van der Waals surface area (Å²) in [5, 5.41) is 0. The Morgan fingerprint density at radius 3 is 2.88 bits per heavy atom. The molecule has 2 fully saturated rings. The second-order valence-electron chi connectivity index (χ2n) is 4.85. The van der Waals surface area contributed by atoms with E-state index in [1.165, 1.54) is 18.4 Å². The summed E-state index contributed by atoms with van der Waals surface area (Å²) in [6, 6.07) is 4.04. The molecule has 2 aliphatic rings. The minimum Gasteiger partial charge on any atom is -0.372 e. The molecular weight excluding hydrogens is 216 g/mol. The quantitative estimate of drug-likeness (QED) is 0.596. The van der Waals surface area contributed by atoms with Crippen molar-refractivity contribution in [1.82, 2.24) is 9.88 Å². The highest BCUT2D eigenvalue weighted by Crippen LogP contribution is 2.27. The average Bonchev–Trinajstić information content (AvgIpc) is 2.69. The Labute approximate surface area is 101 Å². The summed E-state index contributed by atoms with van der Waals surface area (Å²) >= 11 is 0. The van der Waals surface area contributed by atoms with Gasteiger partial charge in [0.05, 0.1) is 12.2 Å². The van der Waals surface area contributed by atoms with Gasteiger partial charge in [-0.25, -0.2) is 10.8 Å². The molecule has 92 valence electrons. The fraction of sp³-hybridized carbons (Fsp3) is 0.583. The van der Waals surface area contributed by atoms with Crippen LogP contribution < -0.4 is 11.3 Å². The number of aromatic nitrogens is 1. The molecule has 3 N–H and O–H groups in total. The molecule has 5 heteroatoms. The van der Waals surface area contributed by atoms with Gasteiger partial charge >= 0.3 is 0 Å². The Kier molecular flexibility index (Phi) is 2.96. The summed E-state index contributed by atoms with van der Waals surface area (Å²) < 4.78 is 5.82. The molecule has 2 aliphatic heterocycles. The number of nitrogens with zero attached hydrogens (tertiary/aromatic N) is 2. The van der Waals surface area contributed by atoms with Crippen molar-refractivity contribution in [3.63, 3.8) is 0 Å². The highest BCUT2D eigenvalue weighted by atomic mass is 16.5. The standard InChI is InChI=1S/C12H18N4O/c13-15-12-5-9(3-4-14-12)6-16-7-10-1-2-11(8-16)17-10/h3-5,10-11H,1-2,6-8,13H2,(H,14,15). The number of fused-ring (bicyclic) bond motifs is 2. The number of pyridine rings is 1. The second-order valence-corrected chi connectivity index (χ2v) is 4.85. The van der Waals surface area contributed by atoms with Crippen molar-refractivity contribution >= 4 is 5.82 Å². The number of nitrogen functional groups attached to an aromatic ring is 1. The van der Waals surface area contributed by atoms with Gasteiger partial charge in [0.2, 0.25) is 0 Å². The molecule has 3 rings (SSSR count). The largest absolute Gasteiger partial charge is 0.372 e. The van der Waals surface area contributed by atoms with Crippen molar-refractivity contribution < 1.29 is 4.74 Å². The molecule has 2 bridgehead atoms. The van der Waals surface area contributed by atoms with E-state index in [4.69, 9.17) is 10.6 Å². The smallest absolute Gasteiger partial charge is 0.140 e. The Balaban J connectivity index is 1.66. The summed E-state index contributed by atoms with van der Waals surface area (Å²) in [5.41, 5.74) is 3.82. The number of hydrazine groups is 1. The van der Waals surface area contributed by atoms with Crippen molar-refractivity contribution in [2.75, 3.05) is 18.5 Å². The van der Waals surface area contributed by atoms with Crippen LogP contribution in [-0.2, 0) is 11.3 Å². The lowest BCUT2D eigenvalue weighted by atomic mass is 10.2. The molecule has 1 aromatic heterocycles. The molecule has 17 heavy (non-hydrogen) atoms. The molecule has 1 aromatic rings. The first kappa shape index (κ1) is 11.0. The molecule has 0 aromatic carbocycles. The summed E-state index contributed by atoms with van der Waals surface area (Å²) in [5.74, 6) is 6.08. The third-order valence-electron chi connectivity index (χ3n) is 3.50. The number of rotatable bonds is 3. The number of hydrogen-bond donors (Lipinski definition) is 2. The molecule has 0 amide bonds. The molecule has 2 unspecified atom stereocenters. The highest BCUT2D eigenvalue weighted by Gasteiger charge is 2.33. The SMILES string of the molecule is NNc1cc(CN2CC3CCC(C2)O3)ccn1. The van der Waals surface area contributed by atoms with Crippen molar-refractivity contribution in [2.45, 2.75) is 31.6 Å². The lowest BCUT2D eigenvalue weighted by Gasteiger charge is -2.32. The number of hydrogen-bond acceptors (Lipinski definition) is 5. The minimum absolute atomic E-state index is 0.447. The summed E-state index contributed by atoms with van der Waals surface area (Å²) in [6.45, 7) is 3.04. The zero-order chi connectivity index (χ0) is 11.7. The predicted molar refractivity (Wildman–Crippen MR) is 65.2 cm³/mol. The monoisotopic (exact) mass is 234 g/mol. The highest BCUT2D eigenvalue weighted by molar-refractivity contribution is 5.35. The van der Waals surface area contributed by atoms with Crippen molar-refractivity contribution in [3.8, 4) is 0 Å². The van der Waals surface area contributed by atoms with E-state index in [0.717, 1.165) is 25.5 Å². The van der Waals surface area contributed by atoms with Crippen LogP contribution in [0.1, 0.15) is 18.4 Å². The average molecular weight is 234 g/mol. The second kappa shape index (κ2) is 4.60.